The van der Waals surface area contributed by atoms with E-state index in [9.17, 15) is 21.6 Å². The SMILES string of the molecule is COc1cccc(NS(=O)(=O)c2cccc(/C=C/c3noc(C(F)(F)F)n3)c2)c1. The molecule has 0 atom stereocenters. The van der Waals surface area contributed by atoms with Crippen LogP contribution < -0.4 is 9.46 Å². The lowest BCUT2D eigenvalue weighted by Gasteiger charge is -2.09. The van der Waals surface area contributed by atoms with E-state index in [1.54, 1.807) is 24.3 Å². The summed E-state index contributed by atoms with van der Waals surface area (Å²) in [5.74, 6) is -1.27. The molecule has 0 bridgehead atoms. The Morgan fingerprint density at radius 2 is 1.86 bits per heavy atom. The summed E-state index contributed by atoms with van der Waals surface area (Å²) in [5.41, 5.74) is 0.730. The summed E-state index contributed by atoms with van der Waals surface area (Å²) in [7, 11) is -2.43. The van der Waals surface area contributed by atoms with Crippen molar-refractivity contribution >= 4 is 27.9 Å². The molecule has 11 heteroatoms. The number of alkyl halides is 3. The number of anilines is 1. The van der Waals surface area contributed by atoms with Gasteiger partial charge in [0.25, 0.3) is 10.0 Å². The van der Waals surface area contributed by atoms with Crippen LogP contribution in [0.25, 0.3) is 12.2 Å². The van der Waals surface area contributed by atoms with E-state index in [-0.39, 0.29) is 10.7 Å². The van der Waals surface area contributed by atoms with Gasteiger partial charge in [-0.05, 0) is 35.9 Å². The number of halogens is 3. The summed E-state index contributed by atoms with van der Waals surface area (Å²) in [6.07, 6.45) is -2.19. The summed E-state index contributed by atoms with van der Waals surface area (Å²) in [6.45, 7) is 0. The largest absolute Gasteiger partial charge is 0.497 e. The minimum atomic E-state index is -4.74. The Morgan fingerprint density at radius 3 is 2.55 bits per heavy atom. The van der Waals surface area contributed by atoms with Gasteiger partial charge in [-0.15, -0.1) is 0 Å². The number of nitrogens with one attached hydrogen (secondary N) is 1. The first-order chi connectivity index (χ1) is 13.7. The van der Waals surface area contributed by atoms with Crippen molar-refractivity contribution in [2.45, 2.75) is 11.1 Å². The van der Waals surface area contributed by atoms with Gasteiger partial charge in [0.2, 0.25) is 0 Å². The maximum absolute atomic E-state index is 12.6. The molecule has 0 aliphatic heterocycles. The molecule has 0 unspecified atom stereocenters. The molecule has 152 valence electrons. The molecular weight excluding hydrogens is 411 g/mol. The van der Waals surface area contributed by atoms with Crippen LogP contribution in [-0.2, 0) is 16.2 Å². The zero-order valence-electron chi connectivity index (χ0n) is 14.8. The van der Waals surface area contributed by atoms with Gasteiger partial charge < -0.3 is 9.26 Å². The van der Waals surface area contributed by atoms with Crippen molar-refractivity contribution in [1.82, 2.24) is 10.1 Å². The van der Waals surface area contributed by atoms with E-state index < -0.39 is 22.1 Å². The van der Waals surface area contributed by atoms with E-state index >= 15 is 0 Å². The number of aromatic nitrogens is 2. The van der Waals surface area contributed by atoms with Crippen LogP contribution in [-0.4, -0.2) is 25.7 Å². The van der Waals surface area contributed by atoms with Crippen LogP contribution in [0.4, 0.5) is 18.9 Å². The molecular formula is C18H14F3N3O4S. The van der Waals surface area contributed by atoms with Gasteiger partial charge in [0.1, 0.15) is 5.75 Å². The lowest BCUT2D eigenvalue weighted by molar-refractivity contribution is -0.159. The summed E-state index contributed by atoms with van der Waals surface area (Å²) in [5, 5.41) is 3.21. The third kappa shape index (κ3) is 5.13. The second kappa shape index (κ2) is 7.95. The number of rotatable bonds is 6. The monoisotopic (exact) mass is 425 g/mol. The predicted molar refractivity (Wildman–Crippen MR) is 98.5 cm³/mol. The van der Waals surface area contributed by atoms with Crippen molar-refractivity contribution in [3.63, 3.8) is 0 Å². The van der Waals surface area contributed by atoms with Crippen molar-refractivity contribution in [2.75, 3.05) is 11.8 Å². The maximum atomic E-state index is 12.6. The van der Waals surface area contributed by atoms with Crippen LogP contribution in [0.3, 0.4) is 0 Å². The molecule has 1 heterocycles. The Labute approximate surface area is 163 Å². The van der Waals surface area contributed by atoms with Gasteiger partial charge in [0.15, 0.2) is 5.82 Å². The van der Waals surface area contributed by atoms with Gasteiger partial charge in [-0.25, -0.2) is 8.42 Å². The third-order valence-corrected chi connectivity index (χ3v) is 4.98. The van der Waals surface area contributed by atoms with E-state index in [1.807, 2.05) is 0 Å². The average molecular weight is 425 g/mol. The molecule has 0 aliphatic rings. The van der Waals surface area contributed by atoms with Gasteiger partial charge in [-0.2, -0.15) is 18.2 Å². The van der Waals surface area contributed by atoms with Gasteiger partial charge in [0, 0.05) is 6.07 Å². The molecule has 0 spiro atoms. The van der Waals surface area contributed by atoms with Crippen molar-refractivity contribution in [2.24, 2.45) is 0 Å². The minimum Gasteiger partial charge on any atom is -0.497 e. The fraction of sp³-hybridized carbons (Fsp3) is 0.111. The molecule has 0 saturated carbocycles. The molecule has 0 fully saturated rings. The molecule has 2 aromatic carbocycles. The molecule has 3 rings (SSSR count). The highest BCUT2D eigenvalue weighted by atomic mass is 32.2. The van der Waals surface area contributed by atoms with Crippen molar-refractivity contribution < 1.29 is 30.8 Å². The standard InChI is InChI=1S/C18H14F3N3O4S/c1-27-14-6-3-5-13(11-14)24-29(25,26)15-7-2-4-12(10-15)8-9-16-22-17(28-23-16)18(19,20)21/h2-11,24H,1H3/b9-8+. The first-order valence-corrected chi connectivity index (χ1v) is 9.52. The van der Waals surface area contributed by atoms with E-state index in [0.717, 1.165) is 0 Å². The van der Waals surface area contributed by atoms with Crippen LogP contribution in [0.2, 0.25) is 0 Å². The quantitative estimate of drug-likeness (QED) is 0.640. The summed E-state index contributed by atoms with van der Waals surface area (Å²) in [6, 6.07) is 12.2. The number of hydrogen-bond acceptors (Lipinski definition) is 6. The lowest BCUT2D eigenvalue weighted by atomic mass is 10.2. The van der Waals surface area contributed by atoms with Crippen LogP contribution >= 0.6 is 0 Å². The summed E-state index contributed by atoms with van der Waals surface area (Å²) >= 11 is 0. The normalized spacial score (nSPS) is 12.3. The average Bonchev–Trinajstić information content (AvgIpc) is 3.16. The van der Waals surface area contributed by atoms with Crippen molar-refractivity contribution in [1.29, 1.82) is 0 Å². The minimum absolute atomic E-state index is 0.0356. The molecule has 0 radical (unpaired) electrons. The fourth-order valence-electron chi connectivity index (χ4n) is 2.27. The first kappa shape index (κ1) is 20.4. The molecule has 1 N–H and O–H groups in total. The number of hydrogen-bond donors (Lipinski definition) is 1. The smallest absolute Gasteiger partial charge is 0.471 e. The Hall–Kier alpha value is -3.34. The Bertz CT molecular complexity index is 1140. The number of sulfonamides is 1. The first-order valence-electron chi connectivity index (χ1n) is 8.03. The summed E-state index contributed by atoms with van der Waals surface area (Å²) < 4.78 is 74.2. The fourth-order valence-corrected chi connectivity index (χ4v) is 3.38. The van der Waals surface area contributed by atoms with Crippen molar-refractivity contribution in [3.8, 4) is 5.75 Å². The molecule has 29 heavy (non-hydrogen) atoms. The Kier molecular flexibility index (Phi) is 5.59. The van der Waals surface area contributed by atoms with E-state index in [2.05, 4.69) is 19.4 Å². The second-order valence-corrected chi connectivity index (χ2v) is 7.38. The molecule has 3 aromatic rings. The highest BCUT2D eigenvalue weighted by Crippen LogP contribution is 2.27. The predicted octanol–water partition coefficient (Wildman–Crippen LogP) is 4.07. The Balaban J connectivity index is 1.80. The van der Waals surface area contributed by atoms with E-state index in [4.69, 9.17) is 4.74 Å². The summed E-state index contributed by atoms with van der Waals surface area (Å²) in [4.78, 5) is 3.17. The van der Waals surface area contributed by atoms with Crippen LogP contribution in [0.15, 0.2) is 57.9 Å². The number of methoxy groups -OCH3 is 1. The number of ether oxygens (including phenoxy) is 1. The van der Waals surface area contributed by atoms with Gasteiger partial charge in [0.05, 0.1) is 17.7 Å². The van der Waals surface area contributed by atoms with Crippen LogP contribution in [0.5, 0.6) is 5.75 Å². The Morgan fingerprint density at radius 1 is 1.10 bits per heavy atom. The van der Waals surface area contributed by atoms with Gasteiger partial charge >= 0.3 is 12.1 Å². The molecule has 7 nitrogen and oxygen atoms in total. The molecule has 0 saturated heterocycles. The zero-order valence-corrected chi connectivity index (χ0v) is 15.7. The molecule has 1 aromatic heterocycles. The second-order valence-electron chi connectivity index (χ2n) is 5.70. The van der Waals surface area contributed by atoms with E-state index in [1.165, 1.54) is 43.5 Å². The van der Waals surface area contributed by atoms with Crippen LogP contribution in [0, 0.1) is 0 Å². The highest BCUT2D eigenvalue weighted by Gasteiger charge is 2.38. The maximum Gasteiger partial charge on any atom is 0.471 e. The molecule has 0 aliphatic carbocycles. The van der Waals surface area contributed by atoms with Gasteiger partial charge in [-0.3, -0.25) is 4.72 Å². The third-order valence-electron chi connectivity index (χ3n) is 3.60. The molecule has 0 amide bonds. The lowest BCUT2D eigenvalue weighted by Crippen LogP contribution is -2.13. The topological polar surface area (TPSA) is 94.3 Å². The zero-order chi connectivity index (χ0) is 21.1. The highest BCUT2D eigenvalue weighted by molar-refractivity contribution is 7.92. The van der Waals surface area contributed by atoms with E-state index in [0.29, 0.717) is 17.0 Å². The van der Waals surface area contributed by atoms with Crippen LogP contribution in [0.1, 0.15) is 17.3 Å². The van der Waals surface area contributed by atoms with Gasteiger partial charge in [-0.1, -0.05) is 29.4 Å². The number of nitrogens with zero attached hydrogens (tertiary/aromatic N) is 2. The number of benzene rings is 2. The van der Waals surface area contributed by atoms with Crippen molar-refractivity contribution in [3.05, 3.63) is 65.8 Å².